The Morgan fingerprint density at radius 2 is 2.14 bits per heavy atom. The van der Waals surface area contributed by atoms with Gasteiger partial charge in [-0.1, -0.05) is 18.5 Å². The number of hydrogen-bond acceptors (Lipinski definition) is 5. The third-order valence-electron chi connectivity index (χ3n) is 5.65. The average molecular weight is 404 g/mol. The summed E-state index contributed by atoms with van der Waals surface area (Å²) in [5.74, 6) is -0.00634. The number of hydrogen-bond donors (Lipinski definition) is 3. The van der Waals surface area contributed by atoms with Gasteiger partial charge in [0.1, 0.15) is 5.65 Å². The topological polar surface area (TPSA) is 86.7 Å². The number of halogens is 2. The van der Waals surface area contributed by atoms with Gasteiger partial charge in [0.15, 0.2) is 17.5 Å². The van der Waals surface area contributed by atoms with Crippen molar-refractivity contribution in [1.29, 1.82) is 0 Å². The predicted molar refractivity (Wildman–Crippen MR) is 108 cm³/mol. The standard InChI is InChI=1S/C20H23ClFN5O/c1-3-20(28)6-4-5-19(2,11-20)27-18-15(22)10-25-17(26-18)14-9-24-16-13(14)7-12(21)8-23-16/h7-10,28H,3-6,11H2,1-2H3,(H,23,24)(H,25,26,27). The van der Waals surface area contributed by atoms with E-state index in [9.17, 15) is 9.50 Å². The average Bonchev–Trinajstić information content (AvgIpc) is 3.06. The number of aromatic amines is 1. The summed E-state index contributed by atoms with van der Waals surface area (Å²) in [7, 11) is 0. The number of rotatable bonds is 4. The first-order valence-corrected chi connectivity index (χ1v) is 9.85. The number of pyridine rings is 1. The van der Waals surface area contributed by atoms with Crippen molar-refractivity contribution in [2.24, 2.45) is 0 Å². The molecule has 0 bridgehead atoms. The minimum Gasteiger partial charge on any atom is -0.390 e. The Labute approximate surface area is 167 Å². The van der Waals surface area contributed by atoms with Crippen molar-refractivity contribution in [2.45, 2.75) is 57.1 Å². The summed E-state index contributed by atoms with van der Waals surface area (Å²) in [6.45, 7) is 3.98. The van der Waals surface area contributed by atoms with E-state index in [-0.39, 0.29) is 5.82 Å². The predicted octanol–water partition coefficient (Wildman–Crippen LogP) is 4.70. The number of aliphatic hydroxyl groups is 1. The van der Waals surface area contributed by atoms with Crippen molar-refractivity contribution in [3.8, 4) is 11.4 Å². The van der Waals surface area contributed by atoms with Crippen LogP contribution < -0.4 is 5.32 Å². The third kappa shape index (κ3) is 3.56. The second-order valence-corrected chi connectivity index (χ2v) is 8.37. The largest absolute Gasteiger partial charge is 0.390 e. The fraction of sp³-hybridized carbons (Fsp3) is 0.450. The minimum absolute atomic E-state index is 0.136. The molecule has 3 heterocycles. The lowest BCUT2D eigenvalue weighted by Gasteiger charge is -2.44. The van der Waals surface area contributed by atoms with Crippen molar-refractivity contribution in [1.82, 2.24) is 19.9 Å². The molecule has 6 nitrogen and oxygen atoms in total. The molecule has 0 aromatic carbocycles. The Bertz CT molecular complexity index is 1020. The van der Waals surface area contributed by atoms with Crippen molar-refractivity contribution < 1.29 is 9.50 Å². The molecule has 148 valence electrons. The lowest BCUT2D eigenvalue weighted by molar-refractivity contribution is -0.0192. The zero-order valence-electron chi connectivity index (χ0n) is 15.9. The van der Waals surface area contributed by atoms with E-state index in [1.807, 2.05) is 13.8 Å². The van der Waals surface area contributed by atoms with Crippen LogP contribution in [0.25, 0.3) is 22.4 Å². The Morgan fingerprint density at radius 1 is 1.32 bits per heavy atom. The summed E-state index contributed by atoms with van der Waals surface area (Å²) in [5.41, 5.74) is 0.188. The lowest BCUT2D eigenvalue weighted by Crippen LogP contribution is -2.48. The summed E-state index contributed by atoms with van der Waals surface area (Å²) < 4.78 is 14.5. The van der Waals surface area contributed by atoms with Crippen molar-refractivity contribution in [3.63, 3.8) is 0 Å². The summed E-state index contributed by atoms with van der Waals surface area (Å²) >= 11 is 6.07. The lowest BCUT2D eigenvalue weighted by atomic mass is 9.73. The Kier molecular flexibility index (Phi) is 4.75. The summed E-state index contributed by atoms with van der Waals surface area (Å²) in [6.07, 6.45) is 8.15. The molecule has 2 atom stereocenters. The second-order valence-electron chi connectivity index (χ2n) is 7.94. The molecule has 3 aromatic heterocycles. The highest BCUT2D eigenvalue weighted by Gasteiger charge is 2.40. The molecular weight excluding hydrogens is 381 g/mol. The number of H-pyrrole nitrogens is 1. The maximum atomic E-state index is 14.5. The molecule has 0 aliphatic heterocycles. The maximum Gasteiger partial charge on any atom is 0.183 e. The van der Waals surface area contributed by atoms with Crippen molar-refractivity contribution >= 4 is 28.5 Å². The minimum atomic E-state index is -0.731. The normalized spacial score (nSPS) is 25.2. The molecule has 0 amide bonds. The summed E-state index contributed by atoms with van der Waals surface area (Å²) in [5, 5.41) is 15.2. The fourth-order valence-electron chi connectivity index (χ4n) is 4.15. The monoisotopic (exact) mass is 403 g/mol. The van der Waals surface area contributed by atoms with Gasteiger partial charge in [0.2, 0.25) is 0 Å². The molecule has 1 aliphatic rings. The van der Waals surface area contributed by atoms with Gasteiger partial charge in [-0.2, -0.15) is 0 Å². The summed E-state index contributed by atoms with van der Waals surface area (Å²) in [6, 6.07) is 1.78. The number of anilines is 1. The van der Waals surface area contributed by atoms with Gasteiger partial charge in [0.05, 0.1) is 16.8 Å². The number of aromatic nitrogens is 4. The van der Waals surface area contributed by atoms with E-state index in [2.05, 4.69) is 25.3 Å². The van der Waals surface area contributed by atoms with Crippen LogP contribution in [-0.4, -0.2) is 36.2 Å². The molecule has 0 radical (unpaired) electrons. The van der Waals surface area contributed by atoms with Gasteiger partial charge in [-0.3, -0.25) is 0 Å². The van der Waals surface area contributed by atoms with Gasteiger partial charge in [0, 0.05) is 28.9 Å². The smallest absolute Gasteiger partial charge is 0.183 e. The number of nitrogens with one attached hydrogen (secondary N) is 2. The van der Waals surface area contributed by atoms with Crippen LogP contribution in [0.1, 0.15) is 46.0 Å². The van der Waals surface area contributed by atoms with Gasteiger partial charge >= 0.3 is 0 Å². The first-order chi connectivity index (χ1) is 13.3. The molecule has 1 aliphatic carbocycles. The highest BCUT2D eigenvalue weighted by Crippen LogP contribution is 2.39. The second kappa shape index (κ2) is 6.97. The van der Waals surface area contributed by atoms with Gasteiger partial charge in [-0.15, -0.1) is 0 Å². The van der Waals surface area contributed by atoms with Crippen molar-refractivity contribution in [2.75, 3.05) is 5.32 Å². The number of nitrogens with zero attached hydrogens (tertiary/aromatic N) is 3. The quantitative estimate of drug-likeness (QED) is 0.587. The Morgan fingerprint density at radius 3 is 2.93 bits per heavy atom. The van der Waals surface area contributed by atoms with Crippen LogP contribution in [0.3, 0.4) is 0 Å². The molecule has 3 N–H and O–H groups in total. The Hall–Kier alpha value is -2.25. The van der Waals surface area contributed by atoms with Gasteiger partial charge in [0.25, 0.3) is 0 Å². The van der Waals surface area contributed by atoms with Crippen molar-refractivity contribution in [3.05, 3.63) is 35.5 Å². The maximum absolute atomic E-state index is 14.5. The van der Waals surface area contributed by atoms with Gasteiger partial charge in [-0.25, -0.2) is 19.3 Å². The van der Waals surface area contributed by atoms with Crippen LogP contribution in [0.5, 0.6) is 0 Å². The van der Waals surface area contributed by atoms with E-state index in [1.165, 1.54) is 6.20 Å². The first-order valence-electron chi connectivity index (χ1n) is 9.47. The van der Waals surface area contributed by atoms with Crippen LogP contribution >= 0.6 is 11.6 Å². The highest BCUT2D eigenvalue weighted by molar-refractivity contribution is 6.31. The molecule has 8 heteroatoms. The first kappa shape index (κ1) is 19.1. The van der Waals surface area contributed by atoms with E-state index in [0.29, 0.717) is 34.9 Å². The number of fused-ring (bicyclic) bond motifs is 1. The van der Waals surface area contributed by atoms with Crippen LogP contribution in [0.15, 0.2) is 24.7 Å². The highest BCUT2D eigenvalue weighted by atomic mass is 35.5. The molecule has 0 spiro atoms. The molecule has 4 rings (SSSR count). The molecule has 1 saturated carbocycles. The third-order valence-corrected chi connectivity index (χ3v) is 5.86. The SMILES string of the molecule is CCC1(O)CCCC(C)(Nc2nc(-c3c[nH]c4ncc(Cl)cc34)ncc2F)C1. The molecule has 0 saturated heterocycles. The Balaban J connectivity index is 1.68. The van der Waals surface area contributed by atoms with E-state index in [4.69, 9.17) is 11.6 Å². The van der Waals surface area contributed by atoms with E-state index >= 15 is 0 Å². The molecular formula is C20H23ClFN5O. The molecule has 3 aromatic rings. The molecule has 1 fully saturated rings. The van der Waals surface area contributed by atoms with Crippen LogP contribution in [0.2, 0.25) is 5.02 Å². The zero-order chi connectivity index (χ0) is 19.9. The van der Waals surface area contributed by atoms with Gasteiger partial charge in [-0.05, 0) is 45.1 Å². The zero-order valence-corrected chi connectivity index (χ0v) is 16.6. The van der Waals surface area contributed by atoms with E-state index < -0.39 is 17.0 Å². The van der Waals surface area contributed by atoms with E-state index in [0.717, 1.165) is 24.6 Å². The van der Waals surface area contributed by atoms with Crippen LogP contribution in [0, 0.1) is 5.82 Å². The van der Waals surface area contributed by atoms with Crippen LogP contribution in [0.4, 0.5) is 10.2 Å². The van der Waals surface area contributed by atoms with E-state index in [1.54, 1.807) is 18.5 Å². The van der Waals surface area contributed by atoms with Crippen LogP contribution in [-0.2, 0) is 0 Å². The molecule has 28 heavy (non-hydrogen) atoms. The molecule has 2 unspecified atom stereocenters. The van der Waals surface area contributed by atoms with Gasteiger partial charge < -0.3 is 15.4 Å². The fourth-order valence-corrected chi connectivity index (χ4v) is 4.31. The summed E-state index contributed by atoms with van der Waals surface area (Å²) in [4.78, 5) is 15.9.